The maximum Gasteiger partial charge on any atom is 0.317 e. The molecule has 30 heavy (non-hydrogen) atoms. The Morgan fingerprint density at radius 3 is 2.43 bits per heavy atom. The van der Waals surface area contributed by atoms with E-state index in [1.165, 1.54) is 11.8 Å². The zero-order valence-electron chi connectivity index (χ0n) is 17.3. The van der Waals surface area contributed by atoms with Gasteiger partial charge in [-0.15, -0.1) is 10.2 Å². The summed E-state index contributed by atoms with van der Waals surface area (Å²) in [5.74, 6) is 0.659. The van der Waals surface area contributed by atoms with Crippen LogP contribution >= 0.6 is 11.8 Å². The predicted octanol–water partition coefficient (Wildman–Crippen LogP) is 5.46. The van der Waals surface area contributed by atoms with Gasteiger partial charge in [0.2, 0.25) is 0 Å². The minimum atomic E-state index is -0.824. The highest BCUT2D eigenvalue weighted by Crippen LogP contribution is 2.32. The van der Waals surface area contributed by atoms with Crippen LogP contribution < -0.4 is 4.74 Å². The number of hydrogen-bond acceptors (Lipinski definition) is 5. The lowest BCUT2D eigenvalue weighted by Crippen LogP contribution is -2.17. The third kappa shape index (κ3) is 5.42. The highest BCUT2D eigenvalue weighted by atomic mass is 32.2. The summed E-state index contributed by atoms with van der Waals surface area (Å²) in [7, 11) is 0. The van der Waals surface area contributed by atoms with Gasteiger partial charge in [0.25, 0.3) is 0 Å². The minimum absolute atomic E-state index is 0.561. The van der Waals surface area contributed by atoms with Gasteiger partial charge in [0.15, 0.2) is 11.0 Å². The first-order chi connectivity index (χ1) is 14.6. The first kappa shape index (κ1) is 21.9. The standard InChI is InChI=1S/C23H27N3O3S/c1-3-5-11-20(22(27)28)30-23-25-24-21(26(23)18-9-7-6-8-10-18)17-12-14-19(15-13-17)29-16-4-2/h6-10,12-15,20H,3-5,11,16H2,1-2H3,(H,27,28). The Hall–Kier alpha value is -2.80. The van der Waals surface area contributed by atoms with Gasteiger partial charge in [0.1, 0.15) is 11.0 Å². The molecule has 1 aromatic heterocycles. The van der Waals surface area contributed by atoms with Gasteiger partial charge in [-0.2, -0.15) is 0 Å². The van der Waals surface area contributed by atoms with E-state index >= 15 is 0 Å². The molecule has 6 nitrogen and oxygen atoms in total. The molecule has 0 bridgehead atoms. The fraction of sp³-hybridized carbons (Fsp3) is 0.348. The Bertz CT molecular complexity index is 942. The number of hydrogen-bond donors (Lipinski definition) is 1. The van der Waals surface area contributed by atoms with Crippen molar-refractivity contribution in [2.45, 2.75) is 49.9 Å². The molecule has 158 valence electrons. The number of rotatable bonds is 11. The first-order valence-corrected chi connectivity index (χ1v) is 11.2. The number of thioether (sulfide) groups is 1. The second-order valence-corrected chi connectivity index (χ2v) is 8.11. The summed E-state index contributed by atoms with van der Waals surface area (Å²) in [4.78, 5) is 11.8. The second kappa shape index (κ2) is 10.8. The van der Waals surface area contributed by atoms with Crippen molar-refractivity contribution in [3.05, 3.63) is 54.6 Å². The van der Waals surface area contributed by atoms with E-state index in [1.54, 1.807) is 0 Å². The topological polar surface area (TPSA) is 77.2 Å². The molecule has 7 heteroatoms. The van der Waals surface area contributed by atoms with Gasteiger partial charge in [-0.1, -0.05) is 56.7 Å². The van der Waals surface area contributed by atoms with Crippen LogP contribution in [-0.4, -0.2) is 37.7 Å². The average molecular weight is 426 g/mol. The molecule has 0 saturated heterocycles. The number of carbonyl (C=O) groups is 1. The summed E-state index contributed by atoms with van der Waals surface area (Å²) < 4.78 is 7.60. The molecule has 0 aliphatic heterocycles. The lowest BCUT2D eigenvalue weighted by Gasteiger charge is -2.14. The minimum Gasteiger partial charge on any atom is -0.494 e. The summed E-state index contributed by atoms with van der Waals surface area (Å²) >= 11 is 1.25. The SMILES string of the molecule is CCCCC(Sc1nnc(-c2ccc(OCCC)cc2)n1-c1ccccc1)C(=O)O. The van der Waals surface area contributed by atoms with Gasteiger partial charge < -0.3 is 9.84 Å². The zero-order valence-corrected chi connectivity index (χ0v) is 18.1. The third-order valence-corrected chi connectivity index (χ3v) is 5.77. The molecule has 1 N–H and O–H groups in total. The molecule has 0 aliphatic rings. The van der Waals surface area contributed by atoms with Gasteiger partial charge in [0.05, 0.1) is 6.61 Å². The highest BCUT2D eigenvalue weighted by molar-refractivity contribution is 8.00. The van der Waals surface area contributed by atoms with E-state index in [1.807, 2.05) is 59.2 Å². The molecule has 0 aliphatic carbocycles. The molecule has 0 fully saturated rings. The molecule has 3 aromatic rings. The number of unbranched alkanes of at least 4 members (excludes halogenated alkanes) is 1. The lowest BCUT2D eigenvalue weighted by molar-refractivity contribution is -0.136. The molecule has 1 atom stereocenters. The Kier molecular flexibility index (Phi) is 7.90. The Balaban J connectivity index is 1.97. The number of carboxylic acid groups (broad SMARTS) is 1. The molecule has 1 unspecified atom stereocenters. The predicted molar refractivity (Wildman–Crippen MR) is 119 cm³/mol. The van der Waals surface area contributed by atoms with Crippen LogP contribution in [0.4, 0.5) is 0 Å². The van der Waals surface area contributed by atoms with Gasteiger partial charge >= 0.3 is 5.97 Å². The van der Waals surface area contributed by atoms with E-state index in [-0.39, 0.29) is 0 Å². The number of nitrogens with zero attached hydrogens (tertiary/aromatic N) is 3. The monoisotopic (exact) mass is 425 g/mol. The maximum atomic E-state index is 11.8. The van der Waals surface area contributed by atoms with E-state index in [4.69, 9.17) is 4.74 Å². The quantitative estimate of drug-likeness (QED) is 0.411. The van der Waals surface area contributed by atoms with Crippen molar-refractivity contribution in [3.8, 4) is 22.8 Å². The van der Waals surface area contributed by atoms with Crippen molar-refractivity contribution in [1.82, 2.24) is 14.8 Å². The highest BCUT2D eigenvalue weighted by Gasteiger charge is 2.24. The fourth-order valence-corrected chi connectivity index (χ4v) is 4.04. The Labute approximate surface area is 181 Å². The first-order valence-electron chi connectivity index (χ1n) is 10.3. The molecule has 0 saturated carbocycles. The van der Waals surface area contributed by atoms with Crippen LogP contribution in [0.25, 0.3) is 17.1 Å². The number of ether oxygens (including phenoxy) is 1. The Morgan fingerprint density at radius 1 is 1.07 bits per heavy atom. The van der Waals surface area contributed by atoms with Crippen molar-refractivity contribution in [2.24, 2.45) is 0 Å². The van der Waals surface area contributed by atoms with E-state index in [2.05, 4.69) is 24.0 Å². The van der Waals surface area contributed by atoms with Crippen molar-refractivity contribution >= 4 is 17.7 Å². The van der Waals surface area contributed by atoms with E-state index in [0.717, 1.165) is 36.3 Å². The smallest absolute Gasteiger partial charge is 0.317 e. The molecule has 0 amide bonds. The molecule has 0 spiro atoms. The van der Waals surface area contributed by atoms with Gasteiger partial charge in [-0.05, 0) is 49.2 Å². The summed E-state index contributed by atoms with van der Waals surface area (Å²) in [6.07, 6.45) is 3.35. The average Bonchev–Trinajstić information content (AvgIpc) is 3.19. The van der Waals surface area contributed by atoms with Gasteiger partial charge in [-0.25, -0.2) is 0 Å². The number of carboxylic acids is 1. The molecular weight excluding hydrogens is 398 g/mol. The normalized spacial score (nSPS) is 11.9. The lowest BCUT2D eigenvalue weighted by atomic mass is 10.2. The van der Waals surface area contributed by atoms with Crippen molar-refractivity contribution in [2.75, 3.05) is 6.61 Å². The molecule has 3 rings (SSSR count). The number of aliphatic carboxylic acids is 1. The van der Waals surface area contributed by atoms with Gasteiger partial charge in [-0.3, -0.25) is 9.36 Å². The van der Waals surface area contributed by atoms with Crippen LogP contribution in [-0.2, 0) is 4.79 Å². The van der Waals surface area contributed by atoms with Crippen LogP contribution in [0.5, 0.6) is 5.75 Å². The number of aromatic nitrogens is 3. The maximum absolute atomic E-state index is 11.8. The zero-order chi connectivity index (χ0) is 21.3. The molecular formula is C23H27N3O3S. The second-order valence-electron chi connectivity index (χ2n) is 6.94. The van der Waals surface area contributed by atoms with E-state index in [9.17, 15) is 9.90 Å². The van der Waals surface area contributed by atoms with Gasteiger partial charge in [0, 0.05) is 11.3 Å². The number of benzene rings is 2. The third-order valence-electron chi connectivity index (χ3n) is 4.58. The van der Waals surface area contributed by atoms with E-state index in [0.29, 0.717) is 24.0 Å². The van der Waals surface area contributed by atoms with Crippen LogP contribution in [0.2, 0.25) is 0 Å². The molecule has 0 radical (unpaired) electrons. The van der Waals surface area contributed by atoms with Crippen molar-refractivity contribution < 1.29 is 14.6 Å². The molecule has 2 aromatic carbocycles. The van der Waals surface area contributed by atoms with Crippen LogP contribution in [0.15, 0.2) is 59.8 Å². The van der Waals surface area contributed by atoms with Crippen molar-refractivity contribution in [1.29, 1.82) is 0 Å². The van der Waals surface area contributed by atoms with Crippen LogP contribution in [0, 0.1) is 0 Å². The summed E-state index contributed by atoms with van der Waals surface area (Å²) in [6, 6.07) is 17.5. The summed E-state index contributed by atoms with van der Waals surface area (Å²) in [6.45, 7) is 4.80. The summed E-state index contributed by atoms with van der Waals surface area (Å²) in [5.41, 5.74) is 1.79. The van der Waals surface area contributed by atoms with Crippen LogP contribution in [0.3, 0.4) is 0 Å². The molecule has 1 heterocycles. The largest absolute Gasteiger partial charge is 0.494 e. The Morgan fingerprint density at radius 2 is 1.80 bits per heavy atom. The summed E-state index contributed by atoms with van der Waals surface area (Å²) in [5, 5.41) is 18.4. The van der Waals surface area contributed by atoms with Crippen molar-refractivity contribution in [3.63, 3.8) is 0 Å². The number of para-hydroxylation sites is 1. The van der Waals surface area contributed by atoms with E-state index < -0.39 is 11.2 Å². The van der Waals surface area contributed by atoms with Crippen LogP contribution in [0.1, 0.15) is 39.5 Å². The fourth-order valence-electron chi connectivity index (χ4n) is 3.01.